The molecule has 1 aliphatic heterocycles. The van der Waals surface area contributed by atoms with Gasteiger partial charge in [0.25, 0.3) is 0 Å². The lowest BCUT2D eigenvalue weighted by Crippen LogP contribution is -2.51. The minimum atomic E-state index is -0.509. The zero-order valence-electron chi connectivity index (χ0n) is 19.9. The third-order valence-corrected chi connectivity index (χ3v) is 7.57. The molecule has 2 fully saturated rings. The van der Waals surface area contributed by atoms with E-state index in [1.165, 1.54) is 7.11 Å². The summed E-state index contributed by atoms with van der Waals surface area (Å²) in [7, 11) is 1.34. The summed E-state index contributed by atoms with van der Waals surface area (Å²) in [5, 5.41) is 3.50. The monoisotopic (exact) mass is 475 g/mol. The van der Waals surface area contributed by atoms with Crippen molar-refractivity contribution in [2.75, 3.05) is 38.2 Å². The maximum atomic E-state index is 13.5. The van der Waals surface area contributed by atoms with Gasteiger partial charge >= 0.3 is 6.09 Å². The quantitative estimate of drug-likeness (QED) is 0.633. The first kappa shape index (κ1) is 23.8. The second-order valence-electron chi connectivity index (χ2n) is 9.38. The number of halogens is 1. The molecule has 4 unspecified atom stereocenters. The van der Waals surface area contributed by atoms with E-state index in [9.17, 15) is 9.59 Å². The number of carbonyl (C=O) groups excluding carboxylic acids is 2. The smallest absolute Gasteiger partial charge is 0.407 e. The van der Waals surface area contributed by atoms with Gasteiger partial charge < -0.3 is 19.9 Å². The Balaban J connectivity index is 1.61. The summed E-state index contributed by atoms with van der Waals surface area (Å²) < 4.78 is 4.77. The molecule has 2 aromatic rings. The van der Waals surface area contributed by atoms with E-state index in [1.807, 2.05) is 12.1 Å². The van der Waals surface area contributed by atoms with E-state index in [0.29, 0.717) is 16.9 Å². The van der Waals surface area contributed by atoms with E-state index in [0.717, 1.165) is 62.2 Å². The molecule has 1 saturated carbocycles. The van der Waals surface area contributed by atoms with Gasteiger partial charge in [-0.2, -0.15) is 0 Å². The molecule has 1 aromatic heterocycles. The molecule has 8 nitrogen and oxygen atoms in total. The average Bonchev–Trinajstić information content (AvgIpc) is 3.21. The number of ketones is 1. The lowest BCUT2D eigenvalue weighted by atomic mass is 9.74. The molecule has 4 rings (SSSR count). The zero-order chi connectivity index (χ0) is 23.7. The van der Waals surface area contributed by atoms with Crippen LogP contribution >= 0.6 is 11.6 Å². The average molecular weight is 476 g/mol. The Bertz CT molecular complexity index is 1020. The first-order valence-electron chi connectivity index (χ1n) is 11.9. The fourth-order valence-corrected chi connectivity index (χ4v) is 5.69. The predicted molar refractivity (Wildman–Crippen MR) is 130 cm³/mol. The molecule has 2 heterocycles. The van der Waals surface area contributed by atoms with E-state index >= 15 is 0 Å². The number of fused-ring (bicyclic) bond motifs is 1. The number of Topliss-reactive ketones (excluding diaryl/α,β-unsaturated/α-hetero) is 1. The Hall–Kier alpha value is -2.32. The van der Waals surface area contributed by atoms with Crippen LogP contribution in [0.15, 0.2) is 12.1 Å². The lowest BCUT2D eigenvalue weighted by molar-refractivity contribution is 0.0764. The molecule has 0 radical (unpaired) electrons. The highest BCUT2D eigenvalue weighted by Gasteiger charge is 2.39. The van der Waals surface area contributed by atoms with Gasteiger partial charge in [-0.25, -0.2) is 9.78 Å². The van der Waals surface area contributed by atoms with E-state index in [4.69, 9.17) is 16.3 Å². The van der Waals surface area contributed by atoms with Crippen molar-refractivity contribution >= 4 is 40.2 Å². The summed E-state index contributed by atoms with van der Waals surface area (Å²) in [6.45, 7) is 10.4. The highest BCUT2D eigenvalue weighted by molar-refractivity contribution is 6.34. The predicted octanol–water partition coefficient (Wildman–Crippen LogP) is 4.09. The number of imidazole rings is 1. The van der Waals surface area contributed by atoms with Crippen molar-refractivity contribution in [1.29, 1.82) is 0 Å². The molecule has 180 valence electrons. The van der Waals surface area contributed by atoms with E-state index in [2.05, 4.69) is 45.9 Å². The molecule has 2 N–H and O–H groups in total. The van der Waals surface area contributed by atoms with Gasteiger partial charge in [0.2, 0.25) is 5.78 Å². The number of hydrogen-bond acceptors (Lipinski definition) is 6. The molecular weight excluding hydrogens is 442 g/mol. The molecule has 0 spiro atoms. The van der Waals surface area contributed by atoms with Gasteiger partial charge in [-0.3, -0.25) is 9.69 Å². The van der Waals surface area contributed by atoms with Crippen molar-refractivity contribution in [3.05, 3.63) is 23.0 Å². The number of amides is 1. The fraction of sp³-hybridized carbons (Fsp3) is 0.625. The summed E-state index contributed by atoms with van der Waals surface area (Å²) in [6, 6.07) is 3.92. The highest BCUT2D eigenvalue weighted by atomic mass is 35.5. The number of H-pyrrole nitrogens is 1. The number of methoxy groups -OCH3 is 1. The molecule has 1 aliphatic carbocycles. The van der Waals surface area contributed by atoms with Crippen LogP contribution in [0, 0.1) is 11.8 Å². The fourth-order valence-electron chi connectivity index (χ4n) is 5.42. The number of piperazine rings is 1. The number of ether oxygens (including phenoxy) is 1. The molecule has 1 aromatic carbocycles. The van der Waals surface area contributed by atoms with Crippen molar-refractivity contribution in [2.45, 2.75) is 52.1 Å². The maximum Gasteiger partial charge on any atom is 0.407 e. The van der Waals surface area contributed by atoms with Crippen LogP contribution in [0.2, 0.25) is 5.02 Å². The van der Waals surface area contributed by atoms with Crippen LogP contribution < -0.4 is 10.2 Å². The van der Waals surface area contributed by atoms with Crippen LogP contribution in [0.3, 0.4) is 0 Å². The number of hydrogen-bond donors (Lipinski definition) is 2. The SMILES string of the molecule is CCN1CCN(c2cc3nc(C(=O)C4C(C)CCCC4NC(=O)OC)[nH]c3cc2Cl)C(C)C1. The lowest BCUT2D eigenvalue weighted by Gasteiger charge is -2.41. The van der Waals surface area contributed by atoms with Crippen molar-refractivity contribution in [1.82, 2.24) is 20.2 Å². The number of aromatic nitrogens is 2. The molecule has 1 amide bonds. The zero-order valence-corrected chi connectivity index (χ0v) is 20.6. The normalized spacial score (nSPS) is 26.4. The van der Waals surface area contributed by atoms with Crippen LogP contribution in [-0.4, -0.2) is 72.1 Å². The number of nitrogens with zero attached hydrogens (tertiary/aromatic N) is 3. The van der Waals surface area contributed by atoms with Gasteiger partial charge in [-0.15, -0.1) is 0 Å². The van der Waals surface area contributed by atoms with Crippen LogP contribution in [0.4, 0.5) is 10.5 Å². The number of aromatic amines is 1. The largest absolute Gasteiger partial charge is 0.453 e. The number of carbonyl (C=O) groups is 2. The number of alkyl carbamates (subject to hydrolysis) is 1. The van der Waals surface area contributed by atoms with Crippen LogP contribution in [0.5, 0.6) is 0 Å². The summed E-state index contributed by atoms with van der Waals surface area (Å²) in [6.07, 6.45) is 2.13. The molecule has 9 heteroatoms. The molecule has 1 saturated heterocycles. The minimum Gasteiger partial charge on any atom is -0.453 e. The molecular formula is C24H34ClN5O3. The van der Waals surface area contributed by atoms with Gasteiger partial charge in [-0.05, 0) is 44.4 Å². The van der Waals surface area contributed by atoms with Crippen molar-refractivity contribution in [2.24, 2.45) is 11.8 Å². The standard InChI is InChI=1S/C24H34ClN5O3/c1-5-29-9-10-30(15(3)13-29)20-12-19-18(11-16(20)25)26-23(27-19)22(31)21-14(2)7-6-8-17(21)28-24(32)33-4/h11-12,14-15,17,21H,5-10,13H2,1-4H3,(H,26,27)(H,28,32). The topological polar surface area (TPSA) is 90.6 Å². The number of nitrogens with one attached hydrogen (secondary N) is 2. The Morgan fingerprint density at radius 2 is 2.06 bits per heavy atom. The Morgan fingerprint density at radius 1 is 1.27 bits per heavy atom. The third kappa shape index (κ3) is 4.82. The van der Waals surface area contributed by atoms with Gasteiger partial charge in [0.15, 0.2) is 5.82 Å². The third-order valence-electron chi connectivity index (χ3n) is 7.26. The molecule has 4 atom stereocenters. The summed E-state index contributed by atoms with van der Waals surface area (Å²) in [4.78, 5) is 38.0. The Kier molecular flexibility index (Phi) is 7.14. The molecule has 0 bridgehead atoms. The minimum absolute atomic E-state index is 0.0811. The van der Waals surface area contributed by atoms with Gasteiger partial charge in [0, 0.05) is 37.6 Å². The molecule has 33 heavy (non-hydrogen) atoms. The number of anilines is 1. The van der Waals surface area contributed by atoms with Gasteiger partial charge in [-0.1, -0.05) is 31.9 Å². The van der Waals surface area contributed by atoms with Gasteiger partial charge in [0.05, 0.1) is 28.9 Å². The first-order chi connectivity index (χ1) is 15.8. The van der Waals surface area contributed by atoms with Crippen LogP contribution in [-0.2, 0) is 4.74 Å². The van der Waals surface area contributed by atoms with E-state index < -0.39 is 6.09 Å². The summed E-state index contributed by atoms with van der Waals surface area (Å²) in [5.74, 6) is 0.0202. The number of rotatable bonds is 5. The summed E-state index contributed by atoms with van der Waals surface area (Å²) in [5.41, 5.74) is 2.42. The Morgan fingerprint density at radius 3 is 2.76 bits per heavy atom. The van der Waals surface area contributed by atoms with E-state index in [1.54, 1.807) is 0 Å². The van der Waals surface area contributed by atoms with E-state index in [-0.39, 0.29) is 23.7 Å². The highest BCUT2D eigenvalue weighted by Crippen LogP contribution is 2.35. The van der Waals surface area contributed by atoms with Crippen molar-refractivity contribution in [3.63, 3.8) is 0 Å². The second-order valence-corrected chi connectivity index (χ2v) is 9.79. The maximum absolute atomic E-state index is 13.5. The van der Waals surface area contributed by atoms with Crippen LogP contribution in [0.1, 0.15) is 50.7 Å². The van der Waals surface area contributed by atoms with Gasteiger partial charge in [0.1, 0.15) is 0 Å². The second kappa shape index (κ2) is 9.89. The first-order valence-corrected chi connectivity index (χ1v) is 12.3. The van der Waals surface area contributed by atoms with Crippen molar-refractivity contribution < 1.29 is 14.3 Å². The Labute approximate surface area is 200 Å². The number of benzene rings is 1. The summed E-state index contributed by atoms with van der Waals surface area (Å²) >= 11 is 6.68. The molecule has 2 aliphatic rings. The van der Waals surface area contributed by atoms with Crippen LogP contribution in [0.25, 0.3) is 11.0 Å². The number of likely N-dealkylation sites (N-methyl/N-ethyl adjacent to an activating group) is 1. The van der Waals surface area contributed by atoms with Crippen molar-refractivity contribution in [3.8, 4) is 0 Å².